The molecular formula is C10H10O3. The lowest BCUT2D eigenvalue weighted by molar-refractivity contribution is 0.0961. The van der Waals surface area contributed by atoms with Crippen LogP contribution < -0.4 is 4.74 Å². The first-order valence-corrected chi connectivity index (χ1v) is 4.21. The SMILES string of the molecule is O=C1COc2ccc(CCO)cc21. The molecule has 68 valence electrons. The van der Waals surface area contributed by atoms with Crippen molar-refractivity contribution in [2.45, 2.75) is 6.42 Å². The maximum Gasteiger partial charge on any atom is 0.203 e. The normalized spacial score (nSPS) is 14.1. The van der Waals surface area contributed by atoms with E-state index in [0.29, 0.717) is 17.7 Å². The van der Waals surface area contributed by atoms with Gasteiger partial charge in [0.15, 0.2) is 6.61 Å². The molecule has 0 radical (unpaired) electrons. The van der Waals surface area contributed by atoms with Gasteiger partial charge in [-0.3, -0.25) is 4.79 Å². The molecule has 0 bridgehead atoms. The number of fused-ring (bicyclic) bond motifs is 1. The fourth-order valence-corrected chi connectivity index (χ4v) is 1.43. The van der Waals surface area contributed by atoms with Crippen LogP contribution in [-0.2, 0) is 6.42 Å². The van der Waals surface area contributed by atoms with E-state index >= 15 is 0 Å². The molecule has 0 amide bonds. The number of ether oxygens (including phenoxy) is 1. The van der Waals surface area contributed by atoms with Crippen molar-refractivity contribution in [3.63, 3.8) is 0 Å². The fourth-order valence-electron chi connectivity index (χ4n) is 1.43. The predicted molar refractivity (Wildman–Crippen MR) is 47.1 cm³/mol. The van der Waals surface area contributed by atoms with Gasteiger partial charge >= 0.3 is 0 Å². The van der Waals surface area contributed by atoms with Gasteiger partial charge in [0.05, 0.1) is 5.56 Å². The zero-order chi connectivity index (χ0) is 9.26. The van der Waals surface area contributed by atoms with Crippen LogP contribution in [0.1, 0.15) is 15.9 Å². The maximum atomic E-state index is 11.2. The summed E-state index contributed by atoms with van der Waals surface area (Å²) in [5, 5.41) is 8.72. The van der Waals surface area contributed by atoms with Crippen molar-refractivity contribution in [2.24, 2.45) is 0 Å². The summed E-state index contributed by atoms with van der Waals surface area (Å²) in [7, 11) is 0. The number of rotatable bonds is 2. The highest BCUT2D eigenvalue weighted by atomic mass is 16.5. The first kappa shape index (κ1) is 8.26. The Hall–Kier alpha value is -1.35. The van der Waals surface area contributed by atoms with Crippen LogP contribution in [0.2, 0.25) is 0 Å². The van der Waals surface area contributed by atoms with Gasteiger partial charge in [0.1, 0.15) is 5.75 Å². The molecule has 0 aromatic heterocycles. The van der Waals surface area contributed by atoms with Crippen LogP contribution in [0.4, 0.5) is 0 Å². The van der Waals surface area contributed by atoms with Gasteiger partial charge in [0.25, 0.3) is 0 Å². The number of hydrogen-bond acceptors (Lipinski definition) is 3. The Kier molecular flexibility index (Phi) is 2.02. The maximum absolute atomic E-state index is 11.2. The third kappa shape index (κ3) is 1.42. The molecule has 0 atom stereocenters. The van der Waals surface area contributed by atoms with Crippen molar-refractivity contribution in [2.75, 3.05) is 13.2 Å². The summed E-state index contributed by atoms with van der Waals surface area (Å²) < 4.78 is 5.13. The zero-order valence-corrected chi connectivity index (χ0v) is 7.12. The number of Topliss-reactive ketones (excluding diaryl/α,β-unsaturated/α-hetero) is 1. The van der Waals surface area contributed by atoms with Gasteiger partial charge in [0.2, 0.25) is 5.78 Å². The van der Waals surface area contributed by atoms with Crippen molar-refractivity contribution >= 4 is 5.78 Å². The molecule has 0 unspecified atom stereocenters. The highest BCUT2D eigenvalue weighted by molar-refractivity contribution is 6.02. The molecule has 1 aromatic rings. The summed E-state index contributed by atoms with van der Waals surface area (Å²) in [5.74, 6) is 0.682. The third-order valence-electron chi connectivity index (χ3n) is 2.10. The number of carbonyl (C=O) groups is 1. The summed E-state index contributed by atoms with van der Waals surface area (Å²) in [6, 6.07) is 5.44. The molecule has 1 aromatic carbocycles. The largest absolute Gasteiger partial charge is 0.485 e. The van der Waals surface area contributed by atoms with Crippen LogP contribution in [0.15, 0.2) is 18.2 Å². The number of hydrogen-bond donors (Lipinski definition) is 1. The average Bonchev–Trinajstić information content (AvgIpc) is 2.49. The zero-order valence-electron chi connectivity index (χ0n) is 7.12. The smallest absolute Gasteiger partial charge is 0.203 e. The summed E-state index contributed by atoms with van der Waals surface area (Å²) in [6.07, 6.45) is 0.584. The highest BCUT2D eigenvalue weighted by Gasteiger charge is 2.20. The lowest BCUT2D eigenvalue weighted by atomic mass is 10.1. The van der Waals surface area contributed by atoms with Crippen LogP contribution in [0.25, 0.3) is 0 Å². The van der Waals surface area contributed by atoms with E-state index in [0.717, 1.165) is 5.56 Å². The summed E-state index contributed by atoms with van der Waals surface area (Å²) in [4.78, 5) is 11.2. The van der Waals surface area contributed by atoms with Gasteiger partial charge in [-0.15, -0.1) is 0 Å². The van der Waals surface area contributed by atoms with E-state index in [2.05, 4.69) is 0 Å². The van der Waals surface area contributed by atoms with Crippen molar-refractivity contribution in [1.82, 2.24) is 0 Å². The van der Waals surface area contributed by atoms with Crippen LogP contribution >= 0.6 is 0 Å². The Balaban J connectivity index is 2.36. The summed E-state index contributed by atoms with van der Waals surface area (Å²) in [6.45, 7) is 0.256. The van der Waals surface area contributed by atoms with E-state index in [1.165, 1.54) is 0 Å². The monoisotopic (exact) mass is 178 g/mol. The van der Waals surface area contributed by atoms with Crippen molar-refractivity contribution < 1.29 is 14.6 Å². The molecule has 3 heteroatoms. The molecule has 0 saturated heterocycles. The van der Waals surface area contributed by atoms with E-state index in [-0.39, 0.29) is 19.0 Å². The van der Waals surface area contributed by atoms with Crippen molar-refractivity contribution in [3.8, 4) is 5.75 Å². The predicted octanol–water partition coefficient (Wildman–Crippen LogP) is 0.796. The molecule has 2 rings (SSSR count). The second kappa shape index (κ2) is 3.18. The van der Waals surface area contributed by atoms with Gasteiger partial charge in [-0.1, -0.05) is 6.07 Å². The Morgan fingerprint density at radius 1 is 1.46 bits per heavy atom. The lowest BCUT2D eigenvalue weighted by Crippen LogP contribution is -1.99. The molecule has 1 aliphatic rings. The third-order valence-corrected chi connectivity index (χ3v) is 2.10. The molecule has 0 spiro atoms. The minimum absolute atomic E-state index is 0.0230. The van der Waals surface area contributed by atoms with E-state index in [9.17, 15) is 4.79 Å². The second-order valence-corrected chi connectivity index (χ2v) is 3.02. The Morgan fingerprint density at radius 2 is 2.31 bits per heavy atom. The average molecular weight is 178 g/mol. The van der Waals surface area contributed by atoms with E-state index in [1.807, 2.05) is 6.07 Å². The number of carbonyl (C=O) groups excluding carboxylic acids is 1. The lowest BCUT2D eigenvalue weighted by Gasteiger charge is -2.00. The topological polar surface area (TPSA) is 46.5 Å². The van der Waals surface area contributed by atoms with E-state index < -0.39 is 0 Å². The molecule has 0 saturated carbocycles. The standard InChI is InChI=1S/C10H10O3/c11-4-3-7-1-2-10-8(5-7)9(12)6-13-10/h1-2,5,11H,3-4,6H2. The van der Waals surface area contributed by atoms with Crippen LogP contribution in [0, 0.1) is 0 Å². The molecule has 1 N–H and O–H groups in total. The second-order valence-electron chi connectivity index (χ2n) is 3.02. The van der Waals surface area contributed by atoms with Crippen LogP contribution in [-0.4, -0.2) is 24.1 Å². The molecule has 0 fully saturated rings. The quantitative estimate of drug-likeness (QED) is 0.728. The van der Waals surface area contributed by atoms with Crippen molar-refractivity contribution in [1.29, 1.82) is 0 Å². The Morgan fingerprint density at radius 3 is 3.08 bits per heavy atom. The van der Waals surface area contributed by atoms with Crippen LogP contribution in [0.5, 0.6) is 5.75 Å². The summed E-state index contributed by atoms with van der Waals surface area (Å²) >= 11 is 0. The van der Waals surface area contributed by atoms with E-state index in [1.54, 1.807) is 12.1 Å². The molecule has 13 heavy (non-hydrogen) atoms. The first-order valence-electron chi connectivity index (χ1n) is 4.21. The van der Waals surface area contributed by atoms with Gasteiger partial charge < -0.3 is 9.84 Å². The fraction of sp³-hybridized carbons (Fsp3) is 0.300. The van der Waals surface area contributed by atoms with Gasteiger partial charge in [-0.25, -0.2) is 0 Å². The Bertz CT molecular complexity index is 344. The molecule has 1 heterocycles. The minimum Gasteiger partial charge on any atom is -0.485 e. The minimum atomic E-state index is 0.0230. The molecule has 1 aliphatic heterocycles. The van der Waals surface area contributed by atoms with Gasteiger partial charge in [-0.2, -0.15) is 0 Å². The highest BCUT2D eigenvalue weighted by Crippen LogP contribution is 2.25. The summed E-state index contributed by atoms with van der Waals surface area (Å²) in [5.41, 5.74) is 1.62. The van der Waals surface area contributed by atoms with E-state index in [4.69, 9.17) is 9.84 Å². The first-order chi connectivity index (χ1) is 6.31. The Labute approximate surface area is 76.0 Å². The molecule has 3 nitrogen and oxygen atoms in total. The number of ketones is 1. The van der Waals surface area contributed by atoms with Gasteiger partial charge in [-0.05, 0) is 24.1 Å². The number of benzene rings is 1. The van der Waals surface area contributed by atoms with Crippen LogP contribution in [0.3, 0.4) is 0 Å². The van der Waals surface area contributed by atoms with Crippen molar-refractivity contribution in [3.05, 3.63) is 29.3 Å². The molecular weight excluding hydrogens is 168 g/mol. The van der Waals surface area contributed by atoms with Gasteiger partial charge in [0, 0.05) is 6.61 Å². The molecule has 0 aliphatic carbocycles. The number of aliphatic hydroxyl groups excluding tert-OH is 1. The number of aliphatic hydroxyl groups is 1.